The molecule has 0 saturated carbocycles. The van der Waals surface area contributed by atoms with Crippen molar-refractivity contribution < 1.29 is 4.74 Å². The topological polar surface area (TPSA) is 55.5 Å². The Balaban J connectivity index is 1.95. The Morgan fingerprint density at radius 3 is 2.86 bits per heavy atom. The van der Waals surface area contributed by atoms with Gasteiger partial charge in [-0.25, -0.2) is 4.98 Å². The van der Waals surface area contributed by atoms with Gasteiger partial charge in [0.2, 0.25) is 5.65 Å². The van der Waals surface area contributed by atoms with Gasteiger partial charge in [0, 0.05) is 31.5 Å². The molecule has 0 saturated heterocycles. The highest BCUT2D eigenvalue weighted by atomic mass is 16.5. The smallest absolute Gasteiger partial charge is 0.203 e. The molecule has 0 aliphatic rings. The fraction of sp³-hybridized carbons (Fsp3) is 0.267. The molecule has 0 unspecified atom stereocenters. The number of ether oxygens (including phenoxy) is 1. The minimum Gasteiger partial charge on any atom is -0.496 e. The van der Waals surface area contributed by atoms with Crippen LogP contribution in [0.15, 0.2) is 36.7 Å². The Labute approximate surface area is 123 Å². The third-order valence-corrected chi connectivity index (χ3v) is 3.44. The highest BCUT2D eigenvalue weighted by molar-refractivity contribution is 5.63. The standard InChI is InChI=1S/C15H17N5O/c1-11-17-18-15-14(16-8-9-20(11)15)19(2)10-12-6-4-5-7-13(12)21-3/h4-9H,10H2,1-3H3. The predicted molar refractivity (Wildman–Crippen MR) is 80.6 cm³/mol. The van der Waals surface area contributed by atoms with E-state index in [2.05, 4.69) is 15.2 Å². The molecule has 3 aromatic rings. The van der Waals surface area contributed by atoms with Gasteiger partial charge in [0.15, 0.2) is 5.82 Å². The number of methoxy groups -OCH3 is 1. The van der Waals surface area contributed by atoms with Crippen LogP contribution in [0.25, 0.3) is 5.65 Å². The number of aromatic nitrogens is 4. The summed E-state index contributed by atoms with van der Waals surface area (Å²) in [6, 6.07) is 7.97. The molecule has 0 amide bonds. The summed E-state index contributed by atoms with van der Waals surface area (Å²) in [6.07, 6.45) is 3.63. The minimum absolute atomic E-state index is 0.683. The Morgan fingerprint density at radius 2 is 2.05 bits per heavy atom. The van der Waals surface area contributed by atoms with Crippen LogP contribution in [0.2, 0.25) is 0 Å². The molecular weight excluding hydrogens is 266 g/mol. The first kappa shape index (κ1) is 13.4. The van der Waals surface area contributed by atoms with E-state index in [0.717, 1.165) is 28.6 Å². The van der Waals surface area contributed by atoms with E-state index in [9.17, 15) is 0 Å². The fourth-order valence-electron chi connectivity index (χ4n) is 2.36. The molecule has 0 atom stereocenters. The van der Waals surface area contributed by atoms with Gasteiger partial charge < -0.3 is 9.64 Å². The second-order valence-electron chi connectivity index (χ2n) is 4.86. The Hall–Kier alpha value is -2.63. The van der Waals surface area contributed by atoms with Gasteiger partial charge in [0.25, 0.3) is 0 Å². The lowest BCUT2D eigenvalue weighted by Gasteiger charge is -2.19. The molecule has 1 aromatic carbocycles. The van der Waals surface area contributed by atoms with Crippen molar-refractivity contribution in [1.29, 1.82) is 0 Å². The largest absolute Gasteiger partial charge is 0.496 e. The summed E-state index contributed by atoms with van der Waals surface area (Å²) in [5.74, 6) is 2.51. The Kier molecular flexibility index (Phi) is 3.43. The fourth-order valence-corrected chi connectivity index (χ4v) is 2.36. The molecule has 108 valence electrons. The number of anilines is 1. The molecule has 6 heteroatoms. The second kappa shape index (κ2) is 5.40. The molecule has 0 spiro atoms. The number of benzene rings is 1. The van der Waals surface area contributed by atoms with Crippen molar-refractivity contribution in [2.75, 3.05) is 19.1 Å². The summed E-state index contributed by atoms with van der Waals surface area (Å²) in [4.78, 5) is 6.48. The molecular formula is C15H17N5O. The second-order valence-corrected chi connectivity index (χ2v) is 4.86. The average molecular weight is 283 g/mol. The normalized spacial score (nSPS) is 10.8. The number of rotatable bonds is 4. The van der Waals surface area contributed by atoms with E-state index in [1.165, 1.54) is 0 Å². The van der Waals surface area contributed by atoms with Gasteiger partial charge in [-0.3, -0.25) is 4.40 Å². The van der Waals surface area contributed by atoms with E-state index < -0.39 is 0 Å². The van der Waals surface area contributed by atoms with Gasteiger partial charge in [0.05, 0.1) is 7.11 Å². The molecule has 2 aromatic heterocycles. The monoisotopic (exact) mass is 283 g/mol. The first-order valence-corrected chi connectivity index (χ1v) is 6.70. The van der Waals surface area contributed by atoms with Gasteiger partial charge in [-0.2, -0.15) is 0 Å². The van der Waals surface area contributed by atoms with Crippen LogP contribution in [0.3, 0.4) is 0 Å². The average Bonchev–Trinajstić information content (AvgIpc) is 2.89. The van der Waals surface area contributed by atoms with Crippen LogP contribution in [-0.2, 0) is 6.54 Å². The van der Waals surface area contributed by atoms with Crippen molar-refractivity contribution >= 4 is 11.5 Å². The van der Waals surface area contributed by atoms with Crippen LogP contribution in [-0.4, -0.2) is 33.7 Å². The van der Waals surface area contributed by atoms with E-state index in [-0.39, 0.29) is 0 Å². The van der Waals surface area contributed by atoms with Crippen molar-refractivity contribution in [2.24, 2.45) is 0 Å². The number of aryl methyl sites for hydroxylation is 1. The highest BCUT2D eigenvalue weighted by Crippen LogP contribution is 2.23. The predicted octanol–water partition coefficient (Wildman–Crippen LogP) is 2.08. The Morgan fingerprint density at radius 1 is 1.24 bits per heavy atom. The van der Waals surface area contributed by atoms with E-state index in [1.54, 1.807) is 13.3 Å². The lowest BCUT2D eigenvalue weighted by Crippen LogP contribution is -2.19. The summed E-state index contributed by atoms with van der Waals surface area (Å²) >= 11 is 0. The summed E-state index contributed by atoms with van der Waals surface area (Å²) in [5.41, 5.74) is 1.86. The quantitative estimate of drug-likeness (QED) is 0.733. The van der Waals surface area contributed by atoms with Gasteiger partial charge in [-0.1, -0.05) is 18.2 Å². The van der Waals surface area contributed by atoms with Crippen LogP contribution < -0.4 is 9.64 Å². The molecule has 0 fully saturated rings. The van der Waals surface area contributed by atoms with Crippen molar-refractivity contribution in [3.05, 3.63) is 48.0 Å². The van der Waals surface area contributed by atoms with Crippen molar-refractivity contribution in [1.82, 2.24) is 19.6 Å². The first-order chi connectivity index (χ1) is 10.2. The van der Waals surface area contributed by atoms with Gasteiger partial charge in [-0.05, 0) is 13.0 Å². The van der Waals surface area contributed by atoms with Crippen molar-refractivity contribution in [3.63, 3.8) is 0 Å². The molecule has 0 radical (unpaired) electrons. The zero-order chi connectivity index (χ0) is 14.8. The SMILES string of the molecule is COc1ccccc1CN(C)c1nccn2c(C)nnc12. The van der Waals surface area contributed by atoms with Crippen molar-refractivity contribution in [3.8, 4) is 5.75 Å². The number of hydrogen-bond acceptors (Lipinski definition) is 5. The lowest BCUT2D eigenvalue weighted by atomic mass is 10.2. The molecule has 0 aliphatic carbocycles. The zero-order valence-electron chi connectivity index (χ0n) is 12.3. The molecule has 0 bridgehead atoms. The Bertz CT molecular complexity index is 768. The summed E-state index contributed by atoms with van der Waals surface area (Å²) in [5, 5.41) is 8.30. The summed E-state index contributed by atoms with van der Waals surface area (Å²) in [7, 11) is 3.67. The summed E-state index contributed by atoms with van der Waals surface area (Å²) in [6.45, 7) is 2.60. The van der Waals surface area contributed by atoms with E-state index in [1.807, 2.05) is 53.7 Å². The van der Waals surface area contributed by atoms with E-state index >= 15 is 0 Å². The number of nitrogens with zero attached hydrogens (tertiary/aromatic N) is 5. The zero-order valence-corrected chi connectivity index (χ0v) is 12.3. The molecule has 0 aliphatic heterocycles. The number of para-hydroxylation sites is 1. The number of hydrogen-bond donors (Lipinski definition) is 0. The van der Waals surface area contributed by atoms with Gasteiger partial charge >= 0.3 is 0 Å². The van der Waals surface area contributed by atoms with E-state index in [4.69, 9.17) is 4.74 Å². The first-order valence-electron chi connectivity index (χ1n) is 6.70. The third kappa shape index (κ3) is 2.40. The van der Waals surface area contributed by atoms with Crippen LogP contribution >= 0.6 is 0 Å². The van der Waals surface area contributed by atoms with Gasteiger partial charge in [0.1, 0.15) is 11.6 Å². The molecule has 21 heavy (non-hydrogen) atoms. The van der Waals surface area contributed by atoms with E-state index in [0.29, 0.717) is 6.54 Å². The third-order valence-electron chi connectivity index (χ3n) is 3.44. The molecule has 3 rings (SSSR count). The number of fused-ring (bicyclic) bond motifs is 1. The minimum atomic E-state index is 0.683. The highest BCUT2D eigenvalue weighted by Gasteiger charge is 2.13. The van der Waals surface area contributed by atoms with Gasteiger partial charge in [-0.15, -0.1) is 10.2 Å². The van der Waals surface area contributed by atoms with Crippen LogP contribution in [0, 0.1) is 6.92 Å². The molecule has 2 heterocycles. The maximum absolute atomic E-state index is 5.39. The van der Waals surface area contributed by atoms with Crippen LogP contribution in [0.1, 0.15) is 11.4 Å². The van der Waals surface area contributed by atoms with Crippen LogP contribution in [0.5, 0.6) is 5.75 Å². The maximum Gasteiger partial charge on any atom is 0.203 e. The van der Waals surface area contributed by atoms with Crippen LogP contribution in [0.4, 0.5) is 5.82 Å². The molecule has 6 nitrogen and oxygen atoms in total. The summed E-state index contributed by atoms with van der Waals surface area (Å²) < 4.78 is 7.33. The van der Waals surface area contributed by atoms with Crippen molar-refractivity contribution in [2.45, 2.75) is 13.5 Å². The lowest BCUT2D eigenvalue weighted by molar-refractivity contribution is 0.409. The maximum atomic E-state index is 5.39. The molecule has 0 N–H and O–H groups in total.